The molecule has 6 nitrogen and oxygen atoms in total. The lowest BCUT2D eigenvalue weighted by Gasteiger charge is -2.32. The third kappa shape index (κ3) is 2.75. The average molecular weight is 342 g/mol. The van der Waals surface area contributed by atoms with Crippen LogP contribution in [0.2, 0.25) is 0 Å². The Bertz CT molecular complexity index is 823. The number of amides is 1. The number of likely N-dealkylation sites (tertiary alicyclic amines) is 1. The standard InChI is InChI=1S/C17H18N4O2S/c1-12-15(19-16(23-12)14-6-3-10-24-14)17(22)20-8-2-5-13(11-20)21-9-4-7-18-21/h3-4,6-7,9-10,13H,2,5,8,11H2,1H3. The minimum Gasteiger partial charge on any atom is -0.440 e. The molecule has 0 bridgehead atoms. The zero-order valence-electron chi connectivity index (χ0n) is 13.4. The molecule has 4 rings (SSSR count). The summed E-state index contributed by atoms with van der Waals surface area (Å²) < 4.78 is 7.64. The quantitative estimate of drug-likeness (QED) is 0.732. The molecule has 24 heavy (non-hydrogen) atoms. The van der Waals surface area contributed by atoms with Crippen molar-refractivity contribution in [2.75, 3.05) is 13.1 Å². The molecule has 0 radical (unpaired) electrons. The van der Waals surface area contributed by atoms with Gasteiger partial charge in [-0.2, -0.15) is 5.10 Å². The lowest BCUT2D eigenvalue weighted by Crippen LogP contribution is -2.41. The van der Waals surface area contributed by atoms with E-state index in [1.165, 1.54) is 0 Å². The van der Waals surface area contributed by atoms with E-state index in [1.807, 2.05) is 39.4 Å². The van der Waals surface area contributed by atoms with E-state index in [4.69, 9.17) is 4.42 Å². The van der Waals surface area contributed by atoms with Crippen LogP contribution in [0.4, 0.5) is 0 Å². The number of aromatic nitrogens is 3. The van der Waals surface area contributed by atoms with Crippen molar-refractivity contribution < 1.29 is 9.21 Å². The fourth-order valence-corrected chi connectivity index (χ4v) is 3.75. The maximum atomic E-state index is 12.9. The van der Waals surface area contributed by atoms with Crippen LogP contribution in [0.1, 0.15) is 35.1 Å². The van der Waals surface area contributed by atoms with Crippen LogP contribution in [0.5, 0.6) is 0 Å². The molecule has 0 N–H and O–H groups in total. The van der Waals surface area contributed by atoms with Crippen molar-refractivity contribution in [3.05, 3.63) is 47.4 Å². The zero-order chi connectivity index (χ0) is 16.5. The number of aryl methyl sites for hydroxylation is 1. The van der Waals surface area contributed by atoms with Gasteiger partial charge in [0, 0.05) is 25.5 Å². The maximum Gasteiger partial charge on any atom is 0.276 e. The third-order valence-corrected chi connectivity index (χ3v) is 5.17. The first kappa shape index (κ1) is 15.1. The first-order valence-electron chi connectivity index (χ1n) is 8.02. The van der Waals surface area contributed by atoms with Gasteiger partial charge in [0.2, 0.25) is 5.89 Å². The van der Waals surface area contributed by atoms with E-state index in [9.17, 15) is 4.79 Å². The molecule has 0 aliphatic carbocycles. The zero-order valence-corrected chi connectivity index (χ0v) is 14.2. The van der Waals surface area contributed by atoms with Gasteiger partial charge >= 0.3 is 0 Å². The molecule has 3 aromatic rings. The van der Waals surface area contributed by atoms with Crippen LogP contribution < -0.4 is 0 Å². The van der Waals surface area contributed by atoms with Gasteiger partial charge in [-0.25, -0.2) is 4.98 Å². The van der Waals surface area contributed by atoms with Gasteiger partial charge in [0.1, 0.15) is 5.76 Å². The van der Waals surface area contributed by atoms with Crippen LogP contribution in [0.15, 0.2) is 40.4 Å². The first-order chi connectivity index (χ1) is 11.7. The highest BCUT2D eigenvalue weighted by molar-refractivity contribution is 7.13. The highest BCUT2D eigenvalue weighted by Crippen LogP contribution is 2.28. The Kier molecular flexibility index (Phi) is 3.93. The third-order valence-electron chi connectivity index (χ3n) is 4.31. The Morgan fingerprint density at radius 3 is 3.08 bits per heavy atom. The Balaban J connectivity index is 1.55. The summed E-state index contributed by atoms with van der Waals surface area (Å²) in [5.41, 5.74) is 0.416. The molecular weight excluding hydrogens is 324 g/mol. The number of rotatable bonds is 3. The number of thiophene rings is 1. The fourth-order valence-electron chi connectivity index (χ4n) is 3.10. The van der Waals surface area contributed by atoms with Crippen LogP contribution in [-0.2, 0) is 0 Å². The monoisotopic (exact) mass is 342 g/mol. The molecule has 1 aliphatic heterocycles. The number of hydrogen-bond acceptors (Lipinski definition) is 5. The van der Waals surface area contributed by atoms with Gasteiger partial charge in [-0.15, -0.1) is 11.3 Å². The van der Waals surface area contributed by atoms with Crippen LogP contribution in [-0.4, -0.2) is 38.7 Å². The van der Waals surface area contributed by atoms with Gasteiger partial charge in [-0.1, -0.05) is 6.07 Å². The fraction of sp³-hybridized carbons (Fsp3) is 0.353. The van der Waals surface area contributed by atoms with Gasteiger partial charge in [-0.05, 0) is 37.3 Å². The number of carbonyl (C=O) groups excluding carboxylic acids is 1. The van der Waals surface area contributed by atoms with E-state index in [2.05, 4.69) is 10.1 Å². The summed E-state index contributed by atoms with van der Waals surface area (Å²) in [6.45, 7) is 3.20. The summed E-state index contributed by atoms with van der Waals surface area (Å²) in [6, 6.07) is 6.02. The first-order valence-corrected chi connectivity index (χ1v) is 8.90. The molecule has 4 heterocycles. The second kappa shape index (κ2) is 6.24. The van der Waals surface area contributed by atoms with E-state index in [0.717, 1.165) is 24.3 Å². The molecule has 1 atom stereocenters. The van der Waals surface area contributed by atoms with Crippen molar-refractivity contribution in [2.45, 2.75) is 25.8 Å². The summed E-state index contributed by atoms with van der Waals surface area (Å²) >= 11 is 1.55. The highest BCUT2D eigenvalue weighted by Gasteiger charge is 2.29. The molecular formula is C17H18N4O2S. The molecule has 3 aromatic heterocycles. The van der Waals surface area contributed by atoms with Gasteiger partial charge in [-0.3, -0.25) is 9.48 Å². The van der Waals surface area contributed by atoms with Gasteiger partial charge in [0.25, 0.3) is 5.91 Å². The molecule has 7 heteroatoms. The van der Waals surface area contributed by atoms with Crippen LogP contribution in [0, 0.1) is 6.92 Å². The molecule has 1 aliphatic rings. The summed E-state index contributed by atoms with van der Waals surface area (Å²) in [7, 11) is 0. The van der Waals surface area contributed by atoms with Crippen molar-refractivity contribution in [1.29, 1.82) is 0 Å². The molecule has 0 spiro atoms. The Morgan fingerprint density at radius 2 is 2.33 bits per heavy atom. The summed E-state index contributed by atoms with van der Waals surface area (Å²) in [5.74, 6) is 1.03. The predicted octanol–water partition coefficient (Wildman–Crippen LogP) is 3.39. The summed E-state index contributed by atoms with van der Waals surface area (Å²) in [5, 5.41) is 6.28. The van der Waals surface area contributed by atoms with Crippen molar-refractivity contribution in [1.82, 2.24) is 19.7 Å². The molecule has 1 fully saturated rings. The minimum atomic E-state index is -0.0593. The Hall–Kier alpha value is -2.41. The molecule has 1 saturated heterocycles. The van der Waals surface area contributed by atoms with E-state index in [0.29, 0.717) is 23.9 Å². The van der Waals surface area contributed by atoms with Gasteiger partial charge in [0.15, 0.2) is 5.69 Å². The number of hydrogen-bond donors (Lipinski definition) is 0. The normalized spacial score (nSPS) is 18.0. The Morgan fingerprint density at radius 1 is 1.42 bits per heavy atom. The van der Waals surface area contributed by atoms with Crippen molar-refractivity contribution >= 4 is 17.2 Å². The van der Waals surface area contributed by atoms with E-state index < -0.39 is 0 Å². The lowest BCUT2D eigenvalue weighted by molar-refractivity contribution is 0.0666. The minimum absolute atomic E-state index is 0.0593. The molecule has 0 aromatic carbocycles. The number of piperidine rings is 1. The number of carbonyl (C=O) groups is 1. The van der Waals surface area contributed by atoms with E-state index in [1.54, 1.807) is 24.5 Å². The molecule has 124 valence electrons. The van der Waals surface area contributed by atoms with E-state index >= 15 is 0 Å². The Labute approximate surface area is 143 Å². The second-order valence-electron chi connectivity index (χ2n) is 5.93. The highest BCUT2D eigenvalue weighted by atomic mass is 32.1. The SMILES string of the molecule is Cc1oc(-c2cccs2)nc1C(=O)N1CCCC(n2cccn2)C1. The maximum absolute atomic E-state index is 12.9. The second-order valence-corrected chi connectivity index (χ2v) is 6.88. The summed E-state index contributed by atoms with van der Waals surface area (Å²) in [6.07, 6.45) is 5.72. The average Bonchev–Trinajstić information content (AvgIpc) is 3.35. The van der Waals surface area contributed by atoms with Crippen molar-refractivity contribution in [3.8, 4) is 10.8 Å². The lowest BCUT2D eigenvalue weighted by atomic mass is 10.1. The molecule has 0 saturated carbocycles. The van der Waals surface area contributed by atoms with Crippen molar-refractivity contribution in [3.63, 3.8) is 0 Å². The predicted molar refractivity (Wildman–Crippen MR) is 91.0 cm³/mol. The smallest absolute Gasteiger partial charge is 0.276 e. The van der Waals surface area contributed by atoms with Crippen LogP contribution in [0.25, 0.3) is 10.8 Å². The van der Waals surface area contributed by atoms with E-state index in [-0.39, 0.29) is 11.9 Å². The topological polar surface area (TPSA) is 64.2 Å². The summed E-state index contributed by atoms with van der Waals surface area (Å²) in [4.78, 5) is 20.1. The van der Waals surface area contributed by atoms with Gasteiger partial charge < -0.3 is 9.32 Å². The molecule has 1 amide bonds. The largest absolute Gasteiger partial charge is 0.440 e. The number of oxazole rings is 1. The number of nitrogens with zero attached hydrogens (tertiary/aromatic N) is 4. The van der Waals surface area contributed by atoms with Crippen LogP contribution in [0.3, 0.4) is 0 Å². The van der Waals surface area contributed by atoms with Gasteiger partial charge in [0.05, 0.1) is 10.9 Å². The van der Waals surface area contributed by atoms with Crippen molar-refractivity contribution in [2.24, 2.45) is 0 Å². The molecule has 1 unspecified atom stereocenters. The van der Waals surface area contributed by atoms with Crippen LogP contribution >= 0.6 is 11.3 Å².